The third kappa shape index (κ3) is 2.71. The van der Waals surface area contributed by atoms with Gasteiger partial charge in [0.25, 0.3) is 0 Å². The number of aryl methyl sites for hydroxylation is 1. The Morgan fingerprint density at radius 2 is 1.68 bits per heavy atom. The largest absolute Gasteiger partial charge is 0.382 e. The molecule has 2 N–H and O–H groups in total. The molecular weight excluding hydrogens is 298 g/mol. The number of para-hydroxylation sites is 1. The molecule has 0 bridgehead atoms. The minimum atomic E-state index is 0.444. The third-order valence-electron chi connectivity index (χ3n) is 3.17. The zero-order chi connectivity index (χ0) is 15.5. The molecule has 1 aromatic heterocycles. The quantitative estimate of drug-likeness (QED) is 0.704. The molecule has 0 unspecified atom stereocenters. The summed E-state index contributed by atoms with van der Waals surface area (Å²) in [7, 11) is 0. The van der Waals surface area contributed by atoms with Crippen LogP contribution >= 0.6 is 11.6 Å². The molecule has 6 heteroatoms. The highest BCUT2D eigenvalue weighted by molar-refractivity contribution is 6.32. The first-order chi connectivity index (χ1) is 10.7. The van der Waals surface area contributed by atoms with Gasteiger partial charge in [-0.2, -0.15) is 5.10 Å². The van der Waals surface area contributed by atoms with E-state index in [9.17, 15) is 0 Å². The van der Waals surface area contributed by atoms with Crippen molar-refractivity contribution >= 4 is 28.8 Å². The molecule has 0 saturated carbocycles. The van der Waals surface area contributed by atoms with Crippen LogP contribution in [0, 0.1) is 6.92 Å². The normalized spacial score (nSPS) is 11.2. The first-order valence-electron chi connectivity index (χ1n) is 6.73. The summed E-state index contributed by atoms with van der Waals surface area (Å²) in [4.78, 5) is 0. The molecule has 0 atom stereocenters. The Bertz CT molecular complexity index is 824. The van der Waals surface area contributed by atoms with Crippen LogP contribution in [0.4, 0.5) is 17.2 Å². The lowest BCUT2D eigenvalue weighted by atomic mass is 10.3. The average molecular weight is 312 g/mol. The third-order valence-corrected chi connectivity index (χ3v) is 3.49. The molecule has 0 aliphatic carbocycles. The lowest BCUT2D eigenvalue weighted by Gasteiger charge is -2.02. The number of rotatable bonds is 3. The van der Waals surface area contributed by atoms with E-state index in [-0.39, 0.29) is 0 Å². The number of nitrogens with zero attached hydrogens (tertiary/aromatic N) is 4. The standard InChI is InChI=1S/C16H14ClN5/c1-11-15(20-19-14-10-6-5-9-13(14)17)16(18)22(21-11)12-7-3-2-4-8-12/h2-10H,18H2,1H3. The Morgan fingerprint density at radius 3 is 2.41 bits per heavy atom. The van der Waals surface area contributed by atoms with E-state index in [4.69, 9.17) is 17.3 Å². The molecule has 0 radical (unpaired) electrons. The van der Waals surface area contributed by atoms with Gasteiger partial charge in [0, 0.05) is 0 Å². The van der Waals surface area contributed by atoms with Crippen molar-refractivity contribution < 1.29 is 0 Å². The Morgan fingerprint density at radius 1 is 1.00 bits per heavy atom. The molecule has 1 heterocycles. The van der Waals surface area contributed by atoms with Crippen LogP contribution in [-0.4, -0.2) is 9.78 Å². The van der Waals surface area contributed by atoms with E-state index in [2.05, 4.69) is 15.3 Å². The van der Waals surface area contributed by atoms with Crippen molar-refractivity contribution in [2.75, 3.05) is 5.73 Å². The van der Waals surface area contributed by atoms with Crippen LogP contribution in [0.25, 0.3) is 5.69 Å². The van der Waals surface area contributed by atoms with Gasteiger partial charge in [-0.25, -0.2) is 4.68 Å². The van der Waals surface area contributed by atoms with Gasteiger partial charge in [0.2, 0.25) is 0 Å². The zero-order valence-electron chi connectivity index (χ0n) is 11.9. The van der Waals surface area contributed by atoms with Gasteiger partial charge in [0.05, 0.1) is 16.4 Å². The van der Waals surface area contributed by atoms with Crippen molar-refractivity contribution in [2.24, 2.45) is 10.2 Å². The lowest BCUT2D eigenvalue weighted by molar-refractivity contribution is 0.872. The molecule has 0 aliphatic heterocycles. The van der Waals surface area contributed by atoms with Crippen LogP contribution < -0.4 is 5.73 Å². The number of hydrogen-bond acceptors (Lipinski definition) is 4. The summed E-state index contributed by atoms with van der Waals surface area (Å²) in [6.07, 6.45) is 0. The van der Waals surface area contributed by atoms with Gasteiger partial charge in [0.15, 0.2) is 11.5 Å². The Balaban J connectivity index is 1.99. The summed E-state index contributed by atoms with van der Waals surface area (Å²) in [5, 5.41) is 13.3. The predicted molar refractivity (Wildman–Crippen MR) is 88.3 cm³/mol. The number of halogens is 1. The molecule has 0 spiro atoms. The van der Waals surface area contributed by atoms with E-state index >= 15 is 0 Å². The molecule has 2 aromatic carbocycles. The van der Waals surface area contributed by atoms with Crippen molar-refractivity contribution in [3.8, 4) is 5.69 Å². The molecule has 0 saturated heterocycles. The highest BCUT2D eigenvalue weighted by Crippen LogP contribution is 2.32. The van der Waals surface area contributed by atoms with Crippen molar-refractivity contribution in [1.29, 1.82) is 0 Å². The monoisotopic (exact) mass is 311 g/mol. The number of aromatic nitrogens is 2. The van der Waals surface area contributed by atoms with E-state index in [0.717, 1.165) is 5.69 Å². The highest BCUT2D eigenvalue weighted by atomic mass is 35.5. The van der Waals surface area contributed by atoms with E-state index < -0.39 is 0 Å². The number of azo groups is 1. The minimum absolute atomic E-state index is 0.444. The summed E-state index contributed by atoms with van der Waals surface area (Å²) in [6.45, 7) is 1.84. The maximum Gasteiger partial charge on any atom is 0.155 e. The summed E-state index contributed by atoms with van der Waals surface area (Å²) in [6, 6.07) is 16.9. The lowest BCUT2D eigenvalue weighted by Crippen LogP contribution is -2.01. The maximum absolute atomic E-state index is 6.15. The van der Waals surface area contributed by atoms with Crippen LogP contribution in [0.1, 0.15) is 5.69 Å². The smallest absolute Gasteiger partial charge is 0.155 e. The van der Waals surface area contributed by atoms with Crippen LogP contribution in [0.2, 0.25) is 5.02 Å². The molecule has 0 aliphatic rings. The maximum atomic E-state index is 6.15. The fraction of sp³-hybridized carbons (Fsp3) is 0.0625. The van der Waals surface area contributed by atoms with Crippen molar-refractivity contribution in [1.82, 2.24) is 9.78 Å². The Kier molecular flexibility index (Phi) is 3.89. The molecule has 3 aromatic rings. The highest BCUT2D eigenvalue weighted by Gasteiger charge is 2.13. The molecular formula is C16H14ClN5. The van der Waals surface area contributed by atoms with Crippen LogP contribution in [-0.2, 0) is 0 Å². The molecule has 0 fully saturated rings. The number of anilines is 1. The Labute approximate surface area is 133 Å². The van der Waals surface area contributed by atoms with Crippen LogP contribution in [0.5, 0.6) is 0 Å². The van der Waals surface area contributed by atoms with Gasteiger partial charge in [0.1, 0.15) is 5.69 Å². The number of nitrogens with two attached hydrogens (primary N) is 1. The fourth-order valence-electron chi connectivity index (χ4n) is 2.06. The fourth-order valence-corrected chi connectivity index (χ4v) is 2.24. The molecule has 0 amide bonds. The van der Waals surface area contributed by atoms with Crippen molar-refractivity contribution in [3.63, 3.8) is 0 Å². The predicted octanol–water partition coefficient (Wildman–Crippen LogP) is 4.83. The number of benzene rings is 2. The summed E-state index contributed by atoms with van der Waals surface area (Å²) < 4.78 is 1.65. The number of nitrogen functional groups attached to an aromatic ring is 1. The van der Waals surface area contributed by atoms with E-state index in [1.54, 1.807) is 16.8 Å². The number of hydrogen-bond donors (Lipinski definition) is 1. The minimum Gasteiger partial charge on any atom is -0.382 e. The SMILES string of the molecule is Cc1nn(-c2ccccc2)c(N)c1N=Nc1ccccc1Cl. The van der Waals surface area contributed by atoms with Gasteiger partial charge in [-0.15, -0.1) is 10.2 Å². The summed E-state index contributed by atoms with van der Waals surface area (Å²) >= 11 is 6.07. The molecule has 5 nitrogen and oxygen atoms in total. The molecule has 3 rings (SSSR count). The summed E-state index contributed by atoms with van der Waals surface area (Å²) in [5.41, 5.74) is 8.87. The van der Waals surface area contributed by atoms with Gasteiger partial charge in [-0.05, 0) is 31.2 Å². The first-order valence-corrected chi connectivity index (χ1v) is 7.11. The average Bonchev–Trinajstić information content (AvgIpc) is 2.82. The topological polar surface area (TPSA) is 68.6 Å². The molecule has 110 valence electrons. The summed E-state index contributed by atoms with van der Waals surface area (Å²) in [5.74, 6) is 0.444. The van der Waals surface area contributed by atoms with Crippen LogP contribution in [0.15, 0.2) is 64.8 Å². The van der Waals surface area contributed by atoms with Gasteiger partial charge in [-0.1, -0.05) is 41.9 Å². The second-order valence-electron chi connectivity index (χ2n) is 4.72. The van der Waals surface area contributed by atoms with E-state index in [1.807, 2.05) is 49.4 Å². The molecule has 22 heavy (non-hydrogen) atoms. The van der Waals surface area contributed by atoms with Crippen molar-refractivity contribution in [2.45, 2.75) is 6.92 Å². The van der Waals surface area contributed by atoms with E-state index in [0.29, 0.717) is 27.9 Å². The second kappa shape index (κ2) is 5.99. The van der Waals surface area contributed by atoms with Crippen molar-refractivity contribution in [3.05, 3.63) is 65.3 Å². The first kappa shape index (κ1) is 14.3. The van der Waals surface area contributed by atoms with Crippen LogP contribution in [0.3, 0.4) is 0 Å². The van der Waals surface area contributed by atoms with E-state index in [1.165, 1.54) is 0 Å². The van der Waals surface area contributed by atoms with Gasteiger partial charge >= 0.3 is 0 Å². The Hall–Kier alpha value is -2.66. The zero-order valence-corrected chi connectivity index (χ0v) is 12.7. The van der Waals surface area contributed by atoms with Gasteiger partial charge in [-0.3, -0.25) is 0 Å². The van der Waals surface area contributed by atoms with Gasteiger partial charge < -0.3 is 5.73 Å². The second-order valence-corrected chi connectivity index (χ2v) is 5.13.